The summed E-state index contributed by atoms with van der Waals surface area (Å²) in [6.45, 7) is 0.0780. The van der Waals surface area contributed by atoms with E-state index in [9.17, 15) is 14.0 Å². The van der Waals surface area contributed by atoms with E-state index in [2.05, 4.69) is 34.1 Å². The second-order valence-corrected chi connectivity index (χ2v) is 10.7. The van der Waals surface area contributed by atoms with E-state index in [1.54, 1.807) is 18.2 Å². The van der Waals surface area contributed by atoms with E-state index in [-0.39, 0.29) is 22.0 Å². The van der Waals surface area contributed by atoms with E-state index >= 15 is 0 Å². The van der Waals surface area contributed by atoms with Crippen LogP contribution in [0.15, 0.2) is 82.2 Å². The van der Waals surface area contributed by atoms with Crippen LogP contribution in [0, 0.1) is 5.82 Å². The predicted octanol–water partition coefficient (Wildman–Crippen LogP) is 8.22. The minimum atomic E-state index is -0.576. The molecule has 0 bridgehead atoms. The predicted molar refractivity (Wildman–Crippen MR) is 152 cm³/mol. The molecule has 192 valence electrons. The first-order chi connectivity index (χ1) is 18.4. The average Bonchev–Trinajstić information content (AvgIpc) is 3.17. The number of carbonyl (C=O) groups is 2. The van der Waals surface area contributed by atoms with Crippen molar-refractivity contribution in [1.82, 2.24) is 4.90 Å². The smallest absolute Gasteiger partial charge is 0.293 e. The van der Waals surface area contributed by atoms with Crippen LogP contribution >= 0.6 is 39.3 Å². The number of hydrogen-bond acceptors (Lipinski definition) is 5. The van der Waals surface area contributed by atoms with Crippen molar-refractivity contribution in [2.45, 2.75) is 13.2 Å². The Hall–Kier alpha value is -3.33. The maximum absolute atomic E-state index is 14.2. The highest BCUT2D eigenvalue weighted by atomic mass is 79.9. The first kappa shape index (κ1) is 26.3. The number of methoxy groups -OCH3 is 1. The van der Waals surface area contributed by atoms with Crippen LogP contribution in [0.2, 0.25) is 5.02 Å². The SMILES string of the molecule is COc1cc(/C=C2/SC(=O)N(Cc3c(F)cccc3Cl)C2=O)cc(Br)c1OCc1cccc2ccccc12. The molecule has 1 heterocycles. The molecule has 0 spiro atoms. The molecule has 5 rings (SSSR count). The number of imide groups is 1. The van der Waals surface area contributed by atoms with Gasteiger partial charge in [-0.1, -0.05) is 60.1 Å². The highest BCUT2D eigenvalue weighted by Gasteiger charge is 2.36. The fourth-order valence-electron chi connectivity index (χ4n) is 4.16. The second-order valence-electron chi connectivity index (χ2n) is 8.43. The zero-order valence-corrected chi connectivity index (χ0v) is 23.2. The van der Waals surface area contributed by atoms with Crippen molar-refractivity contribution in [2.24, 2.45) is 0 Å². The molecule has 1 aliphatic rings. The van der Waals surface area contributed by atoms with Gasteiger partial charge in [0.25, 0.3) is 11.1 Å². The van der Waals surface area contributed by atoms with Crippen LogP contribution in [-0.4, -0.2) is 23.2 Å². The highest BCUT2D eigenvalue weighted by molar-refractivity contribution is 9.10. The Morgan fingerprint density at radius 1 is 1.05 bits per heavy atom. The third-order valence-electron chi connectivity index (χ3n) is 6.05. The average molecular weight is 613 g/mol. The monoisotopic (exact) mass is 611 g/mol. The molecular formula is C29H20BrClFNO4S. The quantitative estimate of drug-likeness (QED) is 0.197. The number of fused-ring (bicyclic) bond motifs is 1. The zero-order valence-electron chi connectivity index (χ0n) is 20.0. The van der Waals surface area contributed by atoms with Gasteiger partial charge in [-0.25, -0.2) is 4.39 Å². The Balaban J connectivity index is 1.37. The molecule has 0 aliphatic carbocycles. The molecule has 5 nitrogen and oxygen atoms in total. The third kappa shape index (κ3) is 5.29. The number of carbonyl (C=O) groups excluding carboxylic acids is 2. The molecule has 0 unspecified atom stereocenters. The summed E-state index contributed by atoms with van der Waals surface area (Å²) in [6.07, 6.45) is 1.59. The molecule has 2 amide bonds. The lowest BCUT2D eigenvalue weighted by molar-refractivity contribution is -0.123. The summed E-state index contributed by atoms with van der Waals surface area (Å²) in [7, 11) is 1.53. The van der Waals surface area contributed by atoms with Crippen molar-refractivity contribution in [3.8, 4) is 11.5 Å². The lowest BCUT2D eigenvalue weighted by atomic mass is 10.1. The van der Waals surface area contributed by atoms with Crippen molar-refractivity contribution in [2.75, 3.05) is 7.11 Å². The van der Waals surface area contributed by atoms with Gasteiger partial charge in [0.2, 0.25) is 0 Å². The largest absolute Gasteiger partial charge is 0.493 e. The van der Waals surface area contributed by atoms with Crippen LogP contribution in [0.1, 0.15) is 16.7 Å². The summed E-state index contributed by atoms with van der Waals surface area (Å²) in [5.41, 5.74) is 1.75. The number of ether oxygens (including phenoxy) is 2. The van der Waals surface area contributed by atoms with Crippen molar-refractivity contribution in [3.05, 3.63) is 110 Å². The van der Waals surface area contributed by atoms with Crippen LogP contribution in [0.25, 0.3) is 16.8 Å². The Morgan fingerprint density at radius 3 is 2.61 bits per heavy atom. The fourth-order valence-corrected chi connectivity index (χ4v) is 5.80. The van der Waals surface area contributed by atoms with Gasteiger partial charge in [-0.2, -0.15) is 0 Å². The van der Waals surface area contributed by atoms with Crippen LogP contribution < -0.4 is 9.47 Å². The normalized spacial score (nSPS) is 14.5. The van der Waals surface area contributed by atoms with Crippen molar-refractivity contribution in [1.29, 1.82) is 0 Å². The molecule has 1 aliphatic heterocycles. The van der Waals surface area contributed by atoms with Crippen molar-refractivity contribution >= 4 is 67.3 Å². The molecule has 0 atom stereocenters. The molecule has 9 heteroatoms. The molecule has 4 aromatic carbocycles. The van der Waals surface area contributed by atoms with E-state index in [0.717, 1.165) is 33.0 Å². The second kappa shape index (κ2) is 11.2. The van der Waals surface area contributed by atoms with E-state index in [4.69, 9.17) is 21.1 Å². The minimum Gasteiger partial charge on any atom is -0.493 e. The maximum atomic E-state index is 14.2. The van der Waals surface area contributed by atoms with Gasteiger partial charge >= 0.3 is 0 Å². The molecule has 0 aromatic heterocycles. The lowest BCUT2D eigenvalue weighted by Gasteiger charge is -2.15. The summed E-state index contributed by atoms with van der Waals surface area (Å²) in [5, 5.41) is 1.89. The van der Waals surface area contributed by atoms with Gasteiger partial charge < -0.3 is 9.47 Å². The van der Waals surface area contributed by atoms with E-state index < -0.39 is 17.0 Å². The Bertz CT molecular complexity index is 1580. The summed E-state index contributed by atoms with van der Waals surface area (Å²) in [6, 6.07) is 21.9. The van der Waals surface area contributed by atoms with Gasteiger partial charge in [0.15, 0.2) is 11.5 Å². The number of rotatable bonds is 7. The molecule has 1 fully saturated rings. The molecule has 1 saturated heterocycles. The topological polar surface area (TPSA) is 55.8 Å². The van der Waals surface area contributed by atoms with Gasteiger partial charge in [0, 0.05) is 10.6 Å². The first-order valence-electron chi connectivity index (χ1n) is 11.5. The van der Waals surface area contributed by atoms with Gasteiger partial charge in [-0.05, 0) is 79.9 Å². The van der Waals surface area contributed by atoms with Gasteiger partial charge in [0.05, 0.1) is 23.0 Å². The number of halogens is 3. The zero-order chi connectivity index (χ0) is 26.8. The van der Waals surface area contributed by atoms with Gasteiger partial charge in [-0.15, -0.1) is 0 Å². The molecular weight excluding hydrogens is 593 g/mol. The molecule has 0 radical (unpaired) electrons. The lowest BCUT2D eigenvalue weighted by Crippen LogP contribution is -2.28. The van der Waals surface area contributed by atoms with Crippen molar-refractivity contribution < 1.29 is 23.5 Å². The molecule has 0 saturated carbocycles. The van der Waals surface area contributed by atoms with Gasteiger partial charge in [0.1, 0.15) is 12.4 Å². The third-order valence-corrected chi connectivity index (χ3v) is 7.90. The number of thioether (sulfide) groups is 1. The first-order valence-corrected chi connectivity index (χ1v) is 13.5. The van der Waals surface area contributed by atoms with E-state index in [1.165, 1.54) is 25.3 Å². The van der Waals surface area contributed by atoms with Crippen LogP contribution in [0.5, 0.6) is 11.5 Å². The number of amides is 2. The summed E-state index contributed by atoms with van der Waals surface area (Å²) < 4.78 is 26.6. The van der Waals surface area contributed by atoms with Gasteiger partial charge in [-0.3, -0.25) is 14.5 Å². The standard InChI is InChI=1S/C29H20BrClFNO4S/c1-36-25-13-17(12-22(30)27(25)37-16-19-8-4-7-18-6-2-3-9-20(18)19)14-26-28(34)33(29(35)38-26)15-21-23(31)10-5-11-24(21)32/h2-14H,15-16H2,1H3/b26-14+. The van der Waals surface area contributed by atoms with E-state index in [1.807, 2.05) is 24.3 Å². The number of hydrogen-bond donors (Lipinski definition) is 0. The minimum absolute atomic E-state index is 0.0924. The fraction of sp³-hybridized carbons (Fsp3) is 0.103. The Kier molecular flexibility index (Phi) is 7.74. The summed E-state index contributed by atoms with van der Waals surface area (Å²) >= 11 is 10.4. The Morgan fingerprint density at radius 2 is 1.82 bits per heavy atom. The summed E-state index contributed by atoms with van der Waals surface area (Å²) in [4.78, 5) is 26.8. The van der Waals surface area contributed by atoms with Crippen LogP contribution in [-0.2, 0) is 17.9 Å². The highest BCUT2D eigenvalue weighted by Crippen LogP contribution is 2.40. The molecule has 38 heavy (non-hydrogen) atoms. The number of benzene rings is 4. The van der Waals surface area contributed by atoms with Crippen LogP contribution in [0.3, 0.4) is 0 Å². The van der Waals surface area contributed by atoms with E-state index in [0.29, 0.717) is 28.1 Å². The Labute approximate surface area is 236 Å². The van der Waals surface area contributed by atoms with Crippen molar-refractivity contribution in [3.63, 3.8) is 0 Å². The summed E-state index contributed by atoms with van der Waals surface area (Å²) in [5.74, 6) is -0.123. The van der Waals surface area contributed by atoms with Crippen LogP contribution in [0.4, 0.5) is 9.18 Å². The molecule has 0 N–H and O–H groups in total. The molecule has 4 aromatic rings. The maximum Gasteiger partial charge on any atom is 0.293 e. The number of nitrogens with zero attached hydrogens (tertiary/aromatic N) is 1.